The SMILES string of the molecule is Cc1cc(C(CC2CC2)N2CCC(C(C)(C)C)N(C(=O)CC3CCCN(C(=O)OC(C)(C)C)CC3)CC2)ccc1Cl. The van der Waals surface area contributed by atoms with Gasteiger partial charge in [0.15, 0.2) is 0 Å². The number of rotatable bonds is 6. The summed E-state index contributed by atoms with van der Waals surface area (Å²) in [7, 11) is 0. The molecule has 3 unspecified atom stereocenters. The Labute approximate surface area is 254 Å². The first kappa shape index (κ1) is 32.1. The van der Waals surface area contributed by atoms with Crippen molar-refractivity contribution in [3.8, 4) is 0 Å². The maximum Gasteiger partial charge on any atom is 0.410 e. The number of carbonyl (C=O) groups is 2. The summed E-state index contributed by atoms with van der Waals surface area (Å²) in [6, 6.07) is 7.11. The van der Waals surface area contributed by atoms with Gasteiger partial charge < -0.3 is 14.5 Å². The van der Waals surface area contributed by atoms with Gasteiger partial charge in [-0.15, -0.1) is 0 Å². The molecule has 2 aliphatic heterocycles. The second kappa shape index (κ2) is 13.2. The molecule has 3 aliphatic rings. The van der Waals surface area contributed by atoms with Gasteiger partial charge in [0.1, 0.15) is 5.60 Å². The van der Waals surface area contributed by atoms with Crippen molar-refractivity contribution in [3.05, 3.63) is 34.3 Å². The minimum atomic E-state index is -0.495. The molecular weight excluding hydrogens is 534 g/mol. The van der Waals surface area contributed by atoms with Crippen molar-refractivity contribution in [2.24, 2.45) is 17.3 Å². The molecule has 1 aliphatic carbocycles. The van der Waals surface area contributed by atoms with Gasteiger partial charge in [0.05, 0.1) is 0 Å². The number of carbonyl (C=O) groups excluding carboxylic acids is 2. The van der Waals surface area contributed by atoms with Gasteiger partial charge in [-0.3, -0.25) is 9.69 Å². The van der Waals surface area contributed by atoms with E-state index in [0.29, 0.717) is 31.5 Å². The van der Waals surface area contributed by atoms with Crippen LogP contribution in [0.4, 0.5) is 4.79 Å². The summed E-state index contributed by atoms with van der Waals surface area (Å²) in [4.78, 5) is 33.3. The highest BCUT2D eigenvalue weighted by Crippen LogP contribution is 2.42. The third-order valence-electron chi connectivity index (χ3n) is 9.24. The Bertz CT molecular complexity index is 1060. The van der Waals surface area contributed by atoms with Crippen molar-refractivity contribution in [2.45, 2.75) is 118 Å². The minimum Gasteiger partial charge on any atom is -0.444 e. The van der Waals surface area contributed by atoms with E-state index in [4.69, 9.17) is 16.3 Å². The van der Waals surface area contributed by atoms with Crippen LogP contribution in [0.3, 0.4) is 0 Å². The average Bonchev–Trinajstić information content (AvgIpc) is 3.71. The molecule has 1 aromatic rings. The fourth-order valence-corrected chi connectivity index (χ4v) is 6.86. The number of amides is 2. The Hall–Kier alpha value is -1.79. The van der Waals surface area contributed by atoms with Crippen LogP contribution in [0.5, 0.6) is 0 Å². The summed E-state index contributed by atoms with van der Waals surface area (Å²) in [5.74, 6) is 1.39. The average molecular weight is 588 g/mol. The Morgan fingerprint density at radius 1 is 0.927 bits per heavy atom. The van der Waals surface area contributed by atoms with Crippen LogP contribution in [0.1, 0.15) is 110 Å². The normalized spacial score (nSPS) is 24.0. The molecule has 2 amide bonds. The monoisotopic (exact) mass is 587 g/mol. The van der Waals surface area contributed by atoms with Crippen LogP contribution in [0.2, 0.25) is 5.02 Å². The van der Waals surface area contributed by atoms with Crippen LogP contribution in [-0.4, -0.2) is 71.1 Å². The van der Waals surface area contributed by atoms with E-state index >= 15 is 0 Å². The van der Waals surface area contributed by atoms with Gasteiger partial charge in [-0.05, 0) is 94.2 Å². The standard InChI is InChI=1S/C34H54ClN3O3/c1-24-21-27(12-13-28(24)35)29(22-26-10-11-26)36-18-15-30(33(2,3)4)38(20-19-36)31(39)23-25-9-8-16-37(17-14-25)32(40)41-34(5,6)7/h12-13,21,25-26,29-30H,8-11,14-20,22-23H2,1-7H3. The topological polar surface area (TPSA) is 53.1 Å². The van der Waals surface area contributed by atoms with E-state index in [1.54, 1.807) is 0 Å². The zero-order chi connectivity index (χ0) is 29.9. The highest BCUT2D eigenvalue weighted by Gasteiger charge is 2.39. The number of ether oxygens (including phenoxy) is 1. The first-order chi connectivity index (χ1) is 19.2. The van der Waals surface area contributed by atoms with E-state index < -0.39 is 5.60 Å². The molecule has 0 radical (unpaired) electrons. The molecule has 7 heteroatoms. The van der Waals surface area contributed by atoms with Gasteiger partial charge in [-0.1, -0.05) is 57.3 Å². The van der Waals surface area contributed by atoms with Gasteiger partial charge in [-0.25, -0.2) is 4.79 Å². The summed E-state index contributed by atoms with van der Waals surface area (Å²) in [6.07, 6.45) is 7.91. The number of aryl methyl sites for hydroxylation is 1. The predicted molar refractivity (Wildman–Crippen MR) is 167 cm³/mol. The molecule has 6 nitrogen and oxygen atoms in total. The summed E-state index contributed by atoms with van der Waals surface area (Å²) in [5, 5.41) is 0.826. The van der Waals surface area contributed by atoms with Crippen LogP contribution in [0.25, 0.3) is 0 Å². The van der Waals surface area contributed by atoms with E-state index in [9.17, 15) is 9.59 Å². The Balaban J connectivity index is 1.44. The molecular formula is C34H54ClN3O3. The van der Waals surface area contributed by atoms with Gasteiger partial charge in [0, 0.05) is 56.3 Å². The molecule has 2 saturated heterocycles. The maximum atomic E-state index is 14.0. The predicted octanol–water partition coefficient (Wildman–Crippen LogP) is 7.87. The summed E-state index contributed by atoms with van der Waals surface area (Å²) in [6.45, 7) is 18.7. The first-order valence-corrected chi connectivity index (χ1v) is 16.4. The largest absolute Gasteiger partial charge is 0.444 e. The lowest BCUT2D eigenvalue weighted by atomic mass is 9.83. The molecule has 1 saturated carbocycles. The second-order valence-electron chi connectivity index (χ2n) is 15.0. The van der Waals surface area contributed by atoms with Crippen molar-refractivity contribution in [3.63, 3.8) is 0 Å². The summed E-state index contributed by atoms with van der Waals surface area (Å²) < 4.78 is 5.61. The zero-order valence-electron chi connectivity index (χ0n) is 26.7. The highest BCUT2D eigenvalue weighted by molar-refractivity contribution is 6.31. The van der Waals surface area contributed by atoms with Gasteiger partial charge >= 0.3 is 6.09 Å². The zero-order valence-corrected chi connectivity index (χ0v) is 27.4. The van der Waals surface area contributed by atoms with Crippen LogP contribution < -0.4 is 0 Å². The number of halogens is 1. The molecule has 0 spiro atoms. The number of hydrogen-bond donors (Lipinski definition) is 0. The summed E-state index contributed by atoms with van der Waals surface area (Å²) in [5.41, 5.74) is 2.01. The lowest BCUT2D eigenvalue weighted by Gasteiger charge is -2.39. The quantitative estimate of drug-likeness (QED) is 0.340. The van der Waals surface area contributed by atoms with Crippen molar-refractivity contribution in [2.75, 3.05) is 32.7 Å². The van der Waals surface area contributed by atoms with E-state index in [0.717, 1.165) is 61.8 Å². The number of hydrogen-bond acceptors (Lipinski definition) is 4. The molecule has 2 heterocycles. The van der Waals surface area contributed by atoms with Gasteiger partial charge in [0.2, 0.25) is 5.91 Å². The fourth-order valence-electron chi connectivity index (χ4n) is 6.74. The van der Waals surface area contributed by atoms with Crippen LogP contribution in [-0.2, 0) is 9.53 Å². The van der Waals surface area contributed by atoms with Crippen LogP contribution in [0, 0.1) is 24.2 Å². The molecule has 0 aromatic heterocycles. The Morgan fingerprint density at radius 2 is 1.66 bits per heavy atom. The van der Waals surface area contributed by atoms with Crippen molar-refractivity contribution in [1.29, 1.82) is 0 Å². The molecule has 3 atom stereocenters. The van der Waals surface area contributed by atoms with Crippen LogP contribution >= 0.6 is 11.6 Å². The maximum absolute atomic E-state index is 14.0. The van der Waals surface area contributed by atoms with E-state index in [-0.39, 0.29) is 23.5 Å². The molecule has 4 rings (SSSR count). The molecule has 41 heavy (non-hydrogen) atoms. The number of benzene rings is 1. The fraction of sp³-hybridized carbons (Fsp3) is 0.765. The molecule has 0 N–H and O–H groups in total. The van der Waals surface area contributed by atoms with Gasteiger partial charge in [-0.2, -0.15) is 0 Å². The Morgan fingerprint density at radius 3 is 2.29 bits per heavy atom. The number of likely N-dealkylation sites (tertiary alicyclic amines) is 1. The van der Waals surface area contributed by atoms with E-state index in [1.807, 2.05) is 25.7 Å². The third kappa shape index (κ3) is 9.10. The molecule has 1 aromatic carbocycles. The van der Waals surface area contributed by atoms with Crippen LogP contribution in [0.15, 0.2) is 18.2 Å². The lowest BCUT2D eigenvalue weighted by Crippen LogP contribution is -2.48. The second-order valence-corrected chi connectivity index (χ2v) is 15.4. The molecule has 0 bridgehead atoms. The Kier molecular flexibility index (Phi) is 10.4. The lowest BCUT2D eigenvalue weighted by molar-refractivity contribution is -0.136. The van der Waals surface area contributed by atoms with Crippen molar-refractivity contribution >= 4 is 23.6 Å². The van der Waals surface area contributed by atoms with Crippen molar-refractivity contribution < 1.29 is 14.3 Å². The summed E-state index contributed by atoms with van der Waals surface area (Å²) >= 11 is 6.39. The third-order valence-corrected chi connectivity index (χ3v) is 9.66. The van der Waals surface area contributed by atoms with Gasteiger partial charge in [0.25, 0.3) is 0 Å². The first-order valence-electron chi connectivity index (χ1n) is 16.0. The molecule has 230 valence electrons. The highest BCUT2D eigenvalue weighted by atomic mass is 35.5. The van der Waals surface area contributed by atoms with E-state index in [2.05, 4.69) is 55.7 Å². The smallest absolute Gasteiger partial charge is 0.410 e. The molecule has 3 fully saturated rings. The minimum absolute atomic E-state index is 0.00544. The van der Waals surface area contributed by atoms with Crippen molar-refractivity contribution in [1.82, 2.24) is 14.7 Å². The van der Waals surface area contributed by atoms with E-state index in [1.165, 1.54) is 24.8 Å². The number of nitrogens with zero attached hydrogens (tertiary/aromatic N) is 3.